The number of carbonyl (C=O) groups excluding carboxylic acids is 1. The number of hydrogen-bond donors (Lipinski definition) is 12. The minimum atomic E-state index is -3.64. The van der Waals surface area contributed by atoms with Gasteiger partial charge in [0.25, 0.3) is 0 Å². The van der Waals surface area contributed by atoms with E-state index < -0.39 is 78.0 Å². The van der Waals surface area contributed by atoms with Crippen molar-refractivity contribution in [2.45, 2.75) is 72.2 Å². The Balaban J connectivity index is 2.54. The predicted molar refractivity (Wildman–Crippen MR) is 75.0 cm³/mol. The maximum Gasteiger partial charge on any atom is 0.206 e. The van der Waals surface area contributed by atoms with Gasteiger partial charge < -0.3 is 61.3 Å². The summed E-state index contributed by atoms with van der Waals surface area (Å²) >= 11 is 0. The van der Waals surface area contributed by atoms with Crippen LogP contribution in [0.1, 0.15) is 0 Å². The number of Topliss-reactive ketones (excluding diaryl/α,β-unsaturated/α-hetero) is 1. The van der Waals surface area contributed by atoms with Crippen LogP contribution in [0.3, 0.4) is 0 Å². The molecule has 152 valence electrons. The molecule has 0 bridgehead atoms. The maximum atomic E-state index is 12.7. The van der Waals surface area contributed by atoms with E-state index in [-0.39, 0.29) is 0 Å². The van der Waals surface area contributed by atoms with Gasteiger partial charge in [-0.2, -0.15) is 0 Å². The molecule has 0 saturated heterocycles. The molecule has 2 aliphatic rings. The summed E-state index contributed by atoms with van der Waals surface area (Å²) in [5, 5.41) is 118. The van der Waals surface area contributed by atoms with Crippen molar-refractivity contribution in [3.8, 4) is 0 Å². The lowest BCUT2D eigenvalue weighted by atomic mass is 9.63. The van der Waals surface area contributed by atoms with Gasteiger partial charge in [-0.1, -0.05) is 0 Å². The van der Waals surface area contributed by atoms with Crippen molar-refractivity contribution in [2.24, 2.45) is 0 Å². The molecule has 0 radical (unpaired) electrons. The summed E-state index contributed by atoms with van der Waals surface area (Å²) in [5.41, 5.74) is -7.28. The average molecular weight is 386 g/mol. The molecule has 0 aliphatic heterocycles. The predicted octanol–water partition coefficient (Wildman–Crippen LogP) is -8.35. The smallest absolute Gasteiger partial charge is 0.206 e. The van der Waals surface area contributed by atoms with Crippen molar-refractivity contribution in [2.75, 3.05) is 0 Å². The Morgan fingerprint density at radius 3 is 0.846 bits per heavy atom. The molecule has 2 saturated carbocycles. The molecule has 0 heterocycles. The zero-order chi connectivity index (χ0) is 20.4. The third-order valence-electron chi connectivity index (χ3n) is 5.22. The number of aliphatic hydroxyl groups is 12. The molecule has 12 atom stereocenters. The van der Waals surface area contributed by atoms with Gasteiger partial charge in [-0.05, 0) is 0 Å². The Labute approximate surface area is 145 Å². The first kappa shape index (κ1) is 21.5. The normalized spacial score (nSPS) is 58.5. The Bertz CT molecular complexity index is 476. The lowest BCUT2D eigenvalue weighted by molar-refractivity contribution is -0.289. The summed E-state index contributed by atoms with van der Waals surface area (Å²) in [6.45, 7) is 0. The number of rotatable bonds is 2. The van der Waals surface area contributed by atoms with E-state index in [2.05, 4.69) is 0 Å². The Hall–Kier alpha value is -0.810. The van der Waals surface area contributed by atoms with E-state index >= 15 is 0 Å². The molecule has 2 fully saturated rings. The molecular weight excluding hydrogens is 364 g/mol. The lowest BCUT2D eigenvalue weighted by Gasteiger charge is -2.53. The molecule has 2 rings (SSSR count). The van der Waals surface area contributed by atoms with E-state index in [1.807, 2.05) is 0 Å². The van der Waals surface area contributed by atoms with Crippen LogP contribution in [0, 0.1) is 0 Å². The molecule has 12 N–H and O–H groups in total. The third-order valence-corrected chi connectivity index (χ3v) is 5.22. The van der Waals surface area contributed by atoms with E-state index in [1.54, 1.807) is 0 Å². The highest BCUT2D eigenvalue weighted by molar-refractivity contribution is 5.97. The van der Waals surface area contributed by atoms with Gasteiger partial charge in [0.15, 0.2) is 11.2 Å². The minimum Gasteiger partial charge on any atom is -0.387 e. The van der Waals surface area contributed by atoms with Gasteiger partial charge >= 0.3 is 0 Å². The topological polar surface area (TPSA) is 260 Å². The fourth-order valence-electron chi connectivity index (χ4n) is 3.40. The Morgan fingerprint density at radius 2 is 0.654 bits per heavy atom. The van der Waals surface area contributed by atoms with Gasteiger partial charge in [0.05, 0.1) is 0 Å². The SMILES string of the molecule is O=C([C@]1(O)[C@H](O)[C@H](O)[C@@H](O)[C@H](O)[C@H]1O)[C@]1(O)[C@H](O)[C@H](O)[C@@H](O)[C@H](O)[C@H]1O. The van der Waals surface area contributed by atoms with Gasteiger partial charge in [-0.25, -0.2) is 0 Å². The first-order valence-corrected chi connectivity index (χ1v) is 7.55. The van der Waals surface area contributed by atoms with Crippen molar-refractivity contribution in [3.05, 3.63) is 0 Å². The summed E-state index contributed by atoms with van der Waals surface area (Å²) in [7, 11) is 0. The van der Waals surface area contributed by atoms with E-state index in [0.717, 1.165) is 0 Å². The van der Waals surface area contributed by atoms with E-state index in [4.69, 9.17) is 0 Å². The van der Waals surface area contributed by atoms with Crippen LogP contribution in [0.4, 0.5) is 0 Å². The molecule has 0 spiro atoms. The summed E-state index contributed by atoms with van der Waals surface area (Å²) in [4.78, 5) is 12.7. The first-order valence-electron chi connectivity index (χ1n) is 7.55. The van der Waals surface area contributed by atoms with Crippen molar-refractivity contribution < 1.29 is 66.1 Å². The first-order chi connectivity index (χ1) is 11.7. The molecule has 26 heavy (non-hydrogen) atoms. The average Bonchev–Trinajstić information content (AvgIpc) is 2.63. The quantitative estimate of drug-likeness (QED) is 0.210. The van der Waals surface area contributed by atoms with E-state index in [0.29, 0.717) is 0 Å². The van der Waals surface area contributed by atoms with Crippen molar-refractivity contribution in [1.82, 2.24) is 0 Å². The molecule has 2 aliphatic carbocycles. The van der Waals surface area contributed by atoms with Crippen molar-refractivity contribution in [1.29, 1.82) is 0 Å². The molecule has 13 nitrogen and oxygen atoms in total. The van der Waals surface area contributed by atoms with Crippen LogP contribution < -0.4 is 0 Å². The molecule has 0 unspecified atom stereocenters. The molecule has 0 aromatic carbocycles. The Kier molecular flexibility index (Phi) is 5.51. The van der Waals surface area contributed by atoms with E-state index in [1.165, 1.54) is 0 Å². The van der Waals surface area contributed by atoms with E-state index in [9.17, 15) is 66.1 Å². The highest BCUT2D eigenvalue weighted by atomic mass is 16.5. The van der Waals surface area contributed by atoms with Crippen LogP contribution in [0.25, 0.3) is 0 Å². The lowest BCUT2D eigenvalue weighted by Crippen LogP contribution is -2.82. The van der Waals surface area contributed by atoms with Crippen LogP contribution in [0.15, 0.2) is 0 Å². The van der Waals surface area contributed by atoms with Crippen LogP contribution in [-0.2, 0) is 4.79 Å². The minimum absolute atomic E-state index is 2.18. The van der Waals surface area contributed by atoms with Crippen LogP contribution in [-0.4, -0.2) is 139 Å². The fraction of sp³-hybridized carbons (Fsp3) is 0.923. The zero-order valence-electron chi connectivity index (χ0n) is 13.0. The van der Waals surface area contributed by atoms with Crippen molar-refractivity contribution >= 4 is 5.78 Å². The summed E-state index contributed by atoms with van der Waals surface area (Å²) < 4.78 is 0. The van der Waals surface area contributed by atoms with Gasteiger partial charge in [0.2, 0.25) is 5.78 Å². The van der Waals surface area contributed by atoms with Gasteiger partial charge in [0, 0.05) is 0 Å². The summed E-state index contributed by atoms with van der Waals surface area (Å²) in [6.07, 6.45) is -24.9. The highest BCUT2D eigenvalue weighted by Crippen LogP contribution is 2.39. The molecular formula is C13H22O13. The monoisotopic (exact) mass is 386 g/mol. The largest absolute Gasteiger partial charge is 0.387 e. The number of ketones is 1. The van der Waals surface area contributed by atoms with Gasteiger partial charge in [0.1, 0.15) is 61.0 Å². The second-order valence-corrected chi connectivity index (χ2v) is 6.70. The molecule has 0 amide bonds. The zero-order valence-corrected chi connectivity index (χ0v) is 13.0. The number of aliphatic hydroxyl groups excluding tert-OH is 10. The molecule has 0 aromatic heterocycles. The van der Waals surface area contributed by atoms with Crippen LogP contribution >= 0.6 is 0 Å². The standard InChI is InChI=1S/C13H22O13/c14-1-3(16)7(20)12(25,8(21)4(1)17)11(24)13(26)9(22)5(18)2(15)6(19)10(13)23/h1-10,14-23,25-26H/t1-,2-,3-,4+,5-,6+,7-,8-,9-,10-,12+,13+/m1/s1. The second-order valence-electron chi connectivity index (χ2n) is 6.70. The highest BCUT2D eigenvalue weighted by Gasteiger charge is 2.71. The van der Waals surface area contributed by atoms with Gasteiger partial charge in [-0.15, -0.1) is 0 Å². The molecule has 13 heteroatoms. The van der Waals surface area contributed by atoms with Crippen LogP contribution in [0.5, 0.6) is 0 Å². The Morgan fingerprint density at radius 1 is 0.462 bits per heavy atom. The third kappa shape index (κ3) is 2.53. The summed E-state index contributed by atoms with van der Waals surface area (Å²) in [6, 6.07) is 0. The number of hydrogen-bond acceptors (Lipinski definition) is 13. The molecule has 0 aromatic rings. The number of carbonyl (C=O) groups is 1. The second kappa shape index (κ2) is 6.66. The fourth-order valence-corrected chi connectivity index (χ4v) is 3.40. The van der Waals surface area contributed by atoms with Crippen molar-refractivity contribution in [3.63, 3.8) is 0 Å². The maximum absolute atomic E-state index is 12.7. The van der Waals surface area contributed by atoms with Gasteiger partial charge in [-0.3, -0.25) is 4.79 Å². The summed E-state index contributed by atoms with van der Waals surface area (Å²) in [5.74, 6) is -2.18. The van der Waals surface area contributed by atoms with Crippen LogP contribution in [0.2, 0.25) is 0 Å².